The van der Waals surface area contributed by atoms with E-state index in [1.54, 1.807) is 0 Å². The Balaban J connectivity index is 1.54. The van der Waals surface area contributed by atoms with Gasteiger partial charge >= 0.3 is 0 Å². The highest BCUT2D eigenvalue weighted by molar-refractivity contribution is 5.95. The summed E-state index contributed by atoms with van der Waals surface area (Å²) < 4.78 is 1.86. The number of hydrogen-bond donors (Lipinski definition) is 2. The molecule has 0 unspecified atom stereocenters. The molecule has 1 aromatic heterocycles. The van der Waals surface area contributed by atoms with Crippen molar-refractivity contribution in [3.05, 3.63) is 77.1 Å². The number of nitrogens with one attached hydrogen (secondary N) is 2. The molecular formula is C22H22N4O2. The molecule has 0 radical (unpaired) electrons. The number of carbonyl (C=O) groups excluding carboxylic acids is 2. The van der Waals surface area contributed by atoms with Crippen LogP contribution in [0.4, 0.5) is 5.69 Å². The molecule has 0 spiro atoms. The van der Waals surface area contributed by atoms with E-state index in [1.165, 1.54) is 0 Å². The molecular weight excluding hydrogens is 352 g/mol. The predicted octanol–water partition coefficient (Wildman–Crippen LogP) is 3.23. The normalized spacial score (nSPS) is 15.6. The lowest BCUT2D eigenvalue weighted by Crippen LogP contribution is -2.36. The molecule has 1 aliphatic heterocycles. The molecule has 2 amide bonds. The zero-order valence-electron chi connectivity index (χ0n) is 15.9. The zero-order valence-corrected chi connectivity index (χ0v) is 15.9. The highest BCUT2D eigenvalue weighted by Crippen LogP contribution is 2.30. The van der Waals surface area contributed by atoms with E-state index in [0.29, 0.717) is 0 Å². The Labute approximate surface area is 163 Å². The molecule has 6 nitrogen and oxygen atoms in total. The lowest BCUT2D eigenvalue weighted by molar-refractivity contribution is -0.122. The minimum Gasteiger partial charge on any atom is -0.348 e. The second-order valence-electron chi connectivity index (χ2n) is 7.03. The number of nitrogens with zero attached hydrogens (tertiary/aromatic N) is 2. The van der Waals surface area contributed by atoms with E-state index in [1.807, 2.05) is 73.1 Å². The van der Waals surface area contributed by atoms with Crippen molar-refractivity contribution in [1.82, 2.24) is 15.1 Å². The summed E-state index contributed by atoms with van der Waals surface area (Å²) in [5, 5.41) is 10.5. The minimum absolute atomic E-state index is 0.0896. The van der Waals surface area contributed by atoms with Crippen LogP contribution in [-0.2, 0) is 16.0 Å². The van der Waals surface area contributed by atoms with Gasteiger partial charge in [0.1, 0.15) is 0 Å². The first kappa shape index (κ1) is 18.0. The summed E-state index contributed by atoms with van der Waals surface area (Å²) in [7, 11) is 0. The van der Waals surface area contributed by atoms with Crippen molar-refractivity contribution in [3.8, 4) is 5.69 Å². The number of fused-ring (bicyclic) bond motifs is 1. The van der Waals surface area contributed by atoms with Crippen molar-refractivity contribution in [2.75, 3.05) is 5.32 Å². The molecule has 2 N–H and O–H groups in total. The maximum absolute atomic E-state index is 12.8. The van der Waals surface area contributed by atoms with Crippen molar-refractivity contribution in [3.63, 3.8) is 0 Å². The number of hydrogen-bond acceptors (Lipinski definition) is 3. The van der Waals surface area contributed by atoms with Crippen LogP contribution in [0.25, 0.3) is 5.69 Å². The van der Waals surface area contributed by atoms with Crippen molar-refractivity contribution >= 4 is 17.5 Å². The van der Waals surface area contributed by atoms with Crippen molar-refractivity contribution < 1.29 is 9.59 Å². The smallest absolute Gasteiger partial charge is 0.226 e. The van der Waals surface area contributed by atoms with Gasteiger partial charge in [0.2, 0.25) is 11.8 Å². The van der Waals surface area contributed by atoms with Gasteiger partial charge in [-0.1, -0.05) is 36.4 Å². The van der Waals surface area contributed by atoms with E-state index < -0.39 is 0 Å². The van der Waals surface area contributed by atoms with Crippen LogP contribution < -0.4 is 10.6 Å². The van der Waals surface area contributed by atoms with Crippen LogP contribution in [0.15, 0.2) is 54.6 Å². The predicted molar refractivity (Wildman–Crippen MR) is 107 cm³/mol. The van der Waals surface area contributed by atoms with Crippen molar-refractivity contribution in [2.24, 2.45) is 0 Å². The van der Waals surface area contributed by atoms with Gasteiger partial charge in [0.05, 0.1) is 30.3 Å². The average molecular weight is 374 g/mol. The third kappa shape index (κ3) is 3.41. The maximum atomic E-state index is 12.8. The highest BCUT2D eigenvalue weighted by Gasteiger charge is 2.26. The average Bonchev–Trinajstić information content (AvgIpc) is 2.97. The Kier molecular flexibility index (Phi) is 4.69. The molecule has 1 atom stereocenters. The molecule has 0 fully saturated rings. The number of anilines is 1. The van der Waals surface area contributed by atoms with Crippen LogP contribution in [-0.4, -0.2) is 21.6 Å². The summed E-state index contributed by atoms with van der Waals surface area (Å²) in [5.74, 6) is -0.207. The fourth-order valence-corrected chi connectivity index (χ4v) is 3.70. The Bertz CT molecular complexity index is 1040. The van der Waals surface area contributed by atoms with Gasteiger partial charge in [-0.3, -0.25) is 9.59 Å². The van der Waals surface area contributed by atoms with Crippen LogP contribution in [0.1, 0.15) is 35.0 Å². The van der Waals surface area contributed by atoms with Crippen LogP contribution in [0.5, 0.6) is 0 Å². The van der Waals surface area contributed by atoms with Crippen LogP contribution in [0.3, 0.4) is 0 Å². The van der Waals surface area contributed by atoms with Crippen LogP contribution in [0, 0.1) is 13.8 Å². The van der Waals surface area contributed by atoms with E-state index in [4.69, 9.17) is 0 Å². The Morgan fingerprint density at radius 2 is 1.86 bits per heavy atom. The minimum atomic E-state index is -0.317. The Morgan fingerprint density at radius 1 is 1.14 bits per heavy atom. The van der Waals surface area contributed by atoms with Gasteiger partial charge < -0.3 is 10.6 Å². The lowest BCUT2D eigenvalue weighted by atomic mass is 9.97. The summed E-state index contributed by atoms with van der Waals surface area (Å²) in [4.78, 5) is 24.7. The molecule has 0 aliphatic carbocycles. The standard InChI is InChI=1S/C22H22N4O2/c1-14-18(15(2)26(25-14)16-8-4-3-5-9-16)12-21(27)24-20-13-22(28)23-19-11-7-6-10-17(19)20/h3-11,20H,12-13H2,1-2H3,(H,23,28)(H,24,27)/t20-/m0/s1. The van der Waals surface area contributed by atoms with Gasteiger partial charge in [0.15, 0.2) is 0 Å². The molecule has 2 aromatic carbocycles. The number of rotatable bonds is 4. The van der Waals surface area contributed by atoms with Crippen molar-refractivity contribution in [2.45, 2.75) is 32.7 Å². The first-order chi connectivity index (χ1) is 13.5. The Morgan fingerprint density at radius 3 is 2.64 bits per heavy atom. The summed E-state index contributed by atoms with van der Waals surface area (Å²) in [6.07, 6.45) is 0.467. The number of benzene rings is 2. The van der Waals surface area contributed by atoms with E-state index in [-0.39, 0.29) is 30.7 Å². The number of para-hydroxylation sites is 2. The van der Waals surface area contributed by atoms with Gasteiger partial charge in [-0.15, -0.1) is 0 Å². The third-order valence-corrected chi connectivity index (χ3v) is 5.11. The van der Waals surface area contributed by atoms with E-state index in [2.05, 4.69) is 15.7 Å². The second kappa shape index (κ2) is 7.31. The molecule has 28 heavy (non-hydrogen) atoms. The van der Waals surface area contributed by atoms with Gasteiger partial charge in [-0.05, 0) is 37.6 Å². The summed E-state index contributed by atoms with van der Waals surface area (Å²) in [5.41, 5.74) is 5.35. The SMILES string of the molecule is Cc1nn(-c2ccccc2)c(C)c1CC(=O)N[C@H]1CC(=O)Nc2ccccc21. The largest absolute Gasteiger partial charge is 0.348 e. The molecule has 6 heteroatoms. The zero-order chi connectivity index (χ0) is 19.7. The second-order valence-corrected chi connectivity index (χ2v) is 7.03. The summed E-state index contributed by atoms with van der Waals surface area (Å²) in [6, 6.07) is 17.1. The third-order valence-electron chi connectivity index (χ3n) is 5.11. The first-order valence-electron chi connectivity index (χ1n) is 9.31. The topological polar surface area (TPSA) is 76.0 Å². The molecule has 0 bridgehead atoms. The summed E-state index contributed by atoms with van der Waals surface area (Å²) >= 11 is 0. The van der Waals surface area contributed by atoms with E-state index in [9.17, 15) is 9.59 Å². The monoisotopic (exact) mass is 374 g/mol. The molecule has 2 heterocycles. The van der Waals surface area contributed by atoms with E-state index >= 15 is 0 Å². The molecule has 0 saturated carbocycles. The highest BCUT2D eigenvalue weighted by atomic mass is 16.2. The molecule has 0 saturated heterocycles. The molecule has 142 valence electrons. The number of aromatic nitrogens is 2. The number of aryl methyl sites for hydroxylation is 1. The van der Waals surface area contributed by atoms with Gasteiger partial charge in [0.25, 0.3) is 0 Å². The van der Waals surface area contributed by atoms with Crippen LogP contribution in [0.2, 0.25) is 0 Å². The van der Waals surface area contributed by atoms with Gasteiger partial charge in [-0.2, -0.15) is 5.10 Å². The number of amides is 2. The first-order valence-corrected chi connectivity index (χ1v) is 9.31. The fraction of sp³-hybridized carbons (Fsp3) is 0.227. The fourth-order valence-electron chi connectivity index (χ4n) is 3.70. The van der Waals surface area contributed by atoms with Crippen LogP contribution >= 0.6 is 0 Å². The molecule has 1 aliphatic rings. The van der Waals surface area contributed by atoms with Crippen molar-refractivity contribution in [1.29, 1.82) is 0 Å². The van der Waals surface area contributed by atoms with Gasteiger partial charge in [-0.25, -0.2) is 4.68 Å². The van der Waals surface area contributed by atoms with Gasteiger partial charge in [0, 0.05) is 16.9 Å². The maximum Gasteiger partial charge on any atom is 0.226 e. The number of carbonyl (C=O) groups is 2. The Hall–Kier alpha value is -3.41. The lowest BCUT2D eigenvalue weighted by Gasteiger charge is -2.26. The van der Waals surface area contributed by atoms with E-state index in [0.717, 1.165) is 33.9 Å². The quantitative estimate of drug-likeness (QED) is 0.736. The summed E-state index contributed by atoms with van der Waals surface area (Å²) in [6.45, 7) is 3.89. The molecule has 4 rings (SSSR count). The molecule has 3 aromatic rings.